The van der Waals surface area contributed by atoms with Crippen molar-refractivity contribution in [2.24, 2.45) is 0 Å². The first-order valence-electron chi connectivity index (χ1n) is 8.70. The van der Waals surface area contributed by atoms with Gasteiger partial charge in [-0.05, 0) is 41.8 Å². The van der Waals surface area contributed by atoms with Gasteiger partial charge in [-0.2, -0.15) is 0 Å². The van der Waals surface area contributed by atoms with Gasteiger partial charge in [0.1, 0.15) is 6.23 Å². The lowest BCUT2D eigenvalue weighted by molar-refractivity contribution is -0.0625. The van der Waals surface area contributed by atoms with Crippen LogP contribution in [0.15, 0.2) is 73.1 Å². The van der Waals surface area contributed by atoms with Gasteiger partial charge in [0.25, 0.3) is 0 Å². The summed E-state index contributed by atoms with van der Waals surface area (Å²) in [5, 5.41) is 0. The van der Waals surface area contributed by atoms with E-state index in [1.807, 2.05) is 18.5 Å². The number of hydrogen-bond donors (Lipinski definition) is 0. The van der Waals surface area contributed by atoms with Crippen molar-refractivity contribution in [3.05, 3.63) is 89.7 Å². The van der Waals surface area contributed by atoms with Gasteiger partial charge in [-0.3, -0.25) is 9.88 Å². The zero-order chi connectivity index (χ0) is 17.1. The molecule has 0 spiro atoms. The minimum absolute atomic E-state index is 0.00494. The number of hydrogen-bond acceptors (Lipinski definition) is 3. The van der Waals surface area contributed by atoms with Gasteiger partial charge in [-0.1, -0.05) is 54.6 Å². The molecule has 1 atom stereocenters. The Hall–Kier alpha value is -2.49. The topological polar surface area (TPSA) is 25.4 Å². The van der Waals surface area contributed by atoms with Gasteiger partial charge in [0.15, 0.2) is 0 Å². The van der Waals surface area contributed by atoms with E-state index in [-0.39, 0.29) is 6.23 Å². The van der Waals surface area contributed by atoms with Crippen LogP contribution in [0.2, 0.25) is 0 Å². The lowest BCUT2D eigenvalue weighted by atomic mass is 10.0. The predicted octanol–water partition coefficient (Wildman–Crippen LogP) is 4.45. The molecule has 126 valence electrons. The molecule has 3 aromatic rings. The van der Waals surface area contributed by atoms with Gasteiger partial charge >= 0.3 is 0 Å². The minimum Gasteiger partial charge on any atom is -0.358 e. The summed E-state index contributed by atoms with van der Waals surface area (Å²) < 4.78 is 6.06. The van der Waals surface area contributed by atoms with E-state index in [2.05, 4.69) is 71.5 Å². The molecule has 1 unspecified atom stereocenters. The Morgan fingerprint density at radius 1 is 1.00 bits per heavy atom. The van der Waals surface area contributed by atoms with Crippen LogP contribution in [0.1, 0.15) is 22.9 Å². The molecule has 0 bridgehead atoms. The van der Waals surface area contributed by atoms with Crippen molar-refractivity contribution in [3.8, 4) is 11.1 Å². The average Bonchev–Trinajstić information content (AvgIpc) is 2.68. The summed E-state index contributed by atoms with van der Waals surface area (Å²) >= 11 is 0. The van der Waals surface area contributed by atoms with Crippen LogP contribution in [0.4, 0.5) is 0 Å². The van der Waals surface area contributed by atoms with Crippen LogP contribution in [0.25, 0.3) is 11.1 Å². The largest absolute Gasteiger partial charge is 0.358 e. The summed E-state index contributed by atoms with van der Waals surface area (Å²) in [5.74, 6) is 0. The number of aromatic nitrogens is 1. The predicted molar refractivity (Wildman–Crippen MR) is 100.0 cm³/mol. The quantitative estimate of drug-likeness (QED) is 0.706. The van der Waals surface area contributed by atoms with Crippen molar-refractivity contribution >= 4 is 0 Å². The molecule has 3 heteroatoms. The summed E-state index contributed by atoms with van der Waals surface area (Å²) in [6, 6.07) is 21.2. The van der Waals surface area contributed by atoms with Crippen LogP contribution >= 0.6 is 0 Å². The monoisotopic (exact) mass is 330 g/mol. The van der Waals surface area contributed by atoms with Crippen LogP contribution in [-0.2, 0) is 17.7 Å². The Morgan fingerprint density at radius 2 is 1.80 bits per heavy atom. The summed E-state index contributed by atoms with van der Waals surface area (Å²) in [7, 11) is 2.11. The molecule has 0 fully saturated rings. The van der Waals surface area contributed by atoms with Crippen LogP contribution in [0.3, 0.4) is 0 Å². The molecule has 1 aromatic heterocycles. The van der Waals surface area contributed by atoms with Crippen molar-refractivity contribution in [3.63, 3.8) is 0 Å². The Kier molecular flexibility index (Phi) is 4.59. The van der Waals surface area contributed by atoms with Crippen LogP contribution < -0.4 is 0 Å². The first-order chi connectivity index (χ1) is 12.3. The molecule has 1 aliphatic rings. The van der Waals surface area contributed by atoms with Crippen molar-refractivity contribution in [2.45, 2.75) is 19.2 Å². The van der Waals surface area contributed by atoms with Gasteiger partial charge in [0, 0.05) is 24.5 Å². The summed E-state index contributed by atoms with van der Waals surface area (Å²) in [5.41, 5.74) is 6.20. The Balaban J connectivity index is 1.55. The fraction of sp³-hybridized carbons (Fsp3) is 0.227. The fourth-order valence-electron chi connectivity index (χ4n) is 3.47. The normalized spacial score (nSPS) is 16.6. The fourth-order valence-corrected chi connectivity index (χ4v) is 3.47. The molecular formula is C22H22N2O. The van der Waals surface area contributed by atoms with Gasteiger partial charge < -0.3 is 4.74 Å². The lowest BCUT2D eigenvalue weighted by Gasteiger charge is -2.33. The van der Waals surface area contributed by atoms with E-state index in [0.29, 0.717) is 0 Å². The molecule has 0 radical (unpaired) electrons. The molecule has 0 N–H and O–H groups in total. The summed E-state index contributed by atoms with van der Waals surface area (Å²) in [6.07, 6.45) is 4.86. The maximum Gasteiger partial charge on any atom is 0.137 e. The van der Waals surface area contributed by atoms with E-state index >= 15 is 0 Å². The lowest BCUT2D eigenvalue weighted by Crippen LogP contribution is -2.30. The number of fused-ring (bicyclic) bond motifs is 1. The molecule has 1 aliphatic heterocycles. The van der Waals surface area contributed by atoms with Crippen molar-refractivity contribution in [1.29, 1.82) is 0 Å². The van der Waals surface area contributed by atoms with Crippen molar-refractivity contribution < 1.29 is 4.74 Å². The first kappa shape index (κ1) is 16.0. The highest BCUT2D eigenvalue weighted by Crippen LogP contribution is 2.30. The molecule has 0 amide bonds. The van der Waals surface area contributed by atoms with E-state index < -0.39 is 0 Å². The van der Waals surface area contributed by atoms with Gasteiger partial charge in [0.05, 0.1) is 6.61 Å². The summed E-state index contributed by atoms with van der Waals surface area (Å²) in [6.45, 7) is 1.57. The molecule has 0 saturated heterocycles. The second-order valence-electron chi connectivity index (χ2n) is 6.53. The van der Waals surface area contributed by atoms with Crippen LogP contribution in [-0.4, -0.2) is 23.5 Å². The van der Waals surface area contributed by atoms with Gasteiger partial charge in [0.2, 0.25) is 0 Å². The van der Waals surface area contributed by atoms with E-state index in [9.17, 15) is 0 Å². The number of ether oxygens (including phenoxy) is 1. The minimum atomic E-state index is 0.00494. The smallest absolute Gasteiger partial charge is 0.137 e. The third-order valence-electron chi connectivity index (χ3n) is 4.70. The highest BCUT2D eigenvalue weighted by Gasteiger charge is 2.24. The maximum atomic E-state index is 6.06. The van der Waals surface area contributed by atoms with Crippen LogP contribution in [0, 0.1) is 0 Å². The van der Waals surface area contributed by atoms with Crippen molar-refractivity contribution in [2.75, 3.05) is 13.7 Å². The first-order valence-corrected chi connectivity index (χ1v) is 8.70. The molecule has 4 rings (SSSR count). The zero-order valence-corrected chi connectivity index (χ0v) is 14.4. The van der Waals surface area contributed by atoms with E-state index in [1.54, 1.807) is 0 Å². The Labute approximate surface area is 148 Å². The second-order valence-corrected chi connectivity index (χ2v) is 6.53. The number of benzene rings is 2. The third-order valence-corrected chi connectivity index (χ3v) is 4.70. The number of pyridine rings is 1. The maximum absolute atomic E-state index is 6.06. The van der Waals surface area contributed by atoms with Crippen molar-refractivity contribution in [1.82, 2.24) is 9.88 Å². The Bertz CT molecular complexity index is 847. The Morgan fingerprint density at radius 3 is 2.68 bits per heavy atom. The molecule has 0 aliphatic carbocycles. The average molecular weight is 330 g/mol. The second kappa shape index (κ2) is 7.18. The molecular weight excluding hydrogens is 308 g/mol. The molecule has 2 aromatic carbocycles. The van der Waals surface area contributed by atoms with Crippen LogP contribution in [0.5, 0.6) is 0 Å². The zero-order valence-electron chi connectivity index (χ0n) is 14.4. The summed E-state index contributed by atoms with van der Waals surface area (Å²) in [4.78, 5) is 6.69. The highest BCUT2D eigenvalue weighted by molar-refractivity contribution is 5.62. The van der Waals surface area contributed by atoms with Gasteiger partial charge in [-0.25, -0.2) is 0 Å². The van der Waals surface area contributed by atoms with E-state index in [1.165, 1.54) is 22.3 Å². The third kappa shape index (κ3) is 3.48. The van der Waals surface area contributed by atoms with E-state index in [4.69, 9.17) is 4.74 Å². The molecule has 2 heterocycles. The standard InChI is InChI=1S/C22H22N2O/c1-24(22-21-10-6-5-9-19(21)11-12-25-22)16-17-13-20(15-23-14-17)18-7-3-2-4-8-18/h2-10,13-15,22H,11-12,16H2,1H3. The number of rotatable bonds is 4. The van der Waals surface area contributed by atoms with E-state index in [0.717, 1.165) is 25.1 Å². The highest BCUT2D eigenvalue weighted by atomic mass is 16.5. The number of nitrogens with zero attached hydrogens (tertiary/aromatic N) is 2. The molecule has 0 saturated carbocycles. The van der Waals surface area contributed by atoms with Gasteiger partial charge in [-0.15, -0.1) is 0 Å². The SMILES string of the molecule is CN(Cc1cncc(-c2ccccc2)c1)C1OCCc2ccccc21. The molecule has 25 heavy (non-hydrogen) atoms. The molecule has 3 nitrogen and oxygen atoms in total.